The van der Waals surface area contributed by atoms with Crippen molar-refractivity contribution in [2.75, 3.05) is 26.2 Å². The van der Waals surface area contributed by atoms with Crippen molar-refractivity contribution in [1.29, 1.82) is 0 Å². The summed E-state index contributed by atoms with van der Waals surface area (Å²) in [6.45, 7) is 5.53. The summed E-state index contributed by atoms with van der Waals surface area (Å²) in [5.74, 6) is 0.859. The van der Waals surface area contributed by atoms with E-state index in [-0.39, 0.29) is 29.9 Å². The van der Waals surface area contributed by atoms with E-state index in [4.69, 9.17) is 4.42 Å². The topological polar surface area (TPSA) is 83.6 Å². The number of carbonyl (C=O) groups is 1. The van der Waals surface area contributed by atoms with Gasteiger partial charge >= 0.3 is 0 Å². The van der Waals surface area contributed by atoms with Crippen LogP contribution in [0.1, 0.15) is 23.9 Å². The van der Waals surface area contributed by atoms with Crippen LogP contribution in [-0.4, -0.2) is 42.6 Å². The van der Waals surface area contributed by atoms with Crippen LogP contribution in [-0.2, 0) is 6.54 Å². The Morgan fingerprint density at radius 2 is 1.90 bits per heavy atom. The quantitative estimate of drug-likeness (QED) is 0.179. The van der Waals surface area contributed by atoms with E-state index in [9.17, 15) is 4.79 Å². The Morgan fingerprint density at radius 3 is 2.69 bits per heavy atom. The largest absolute Gasteiger partial charge is 0.459 e. The number of fused-ring (bicyclic) bond motifs is 1. The van der Waals surface area contributed by atoms with Crippen LogP contribution in [0.2, 0.25) is 0 Å². The zero-order valence-corrected chi connectivity index (χ0v) is 18.9. The number of aliphatic imine (C=N–C) groups is 1. The van der Waals surface area contributed by atoms with E-state index in [0.29, 0.717) is 18.8 Å². The van der Waals surface area contributed by atoms with Crippen LogP contribution in [0.25, 0.3) is 10.9 Å². The van der Waals surface area contributed by atoms with Crippen molar-refractivity contribution < 1.29 is 9.21 Å². The number of guanidine groups is 1. The summed E-state index contributed by atoms with van der Waals surface area (Å²) in [5.41, 5.74) is 1.25. The van der Waals surface area contributed by atoms with E-state index in [1.165, 1.54) is 17.2 Å². The van der Waals surface area contributed by atoms with Crippen LogP contribution in [0.5, 0.6) is 0 Å². The van der Waals surface area contributed by atoms with Crippen molar-refractivity contribution in [3.05, 3.63) is 60.7 Å². The third kappa shape index (κ3) is 6.81. The lowest BCUT2D eigenvalue weighted by Gasteiger charge is -2.12. The van der Waals surface area contributed by atoms with Gasteiger partial charge < -0.3 is 24.9 Å². The molecule has 0 fully saturated rings. The molecule has 0 aliphatic carbocycles. The molecule has 0 spiro atoms. The molecule has 3 N–H and O–H groups in total. The summed E-state index contributed by atoms with van der Waals surface area (Å²) in [5, 5.41) is 10.5. The highest BCUT2D eigenvalue weighted by atomic mass is 127. The molecule has 0 bridgehead atoms. The average molecular weight is 509 g/mol. The van der Waals surface area contributed by atoms with E-state index >= 15 is 0 Å². The molecule has 1 amide bonds. The van der Waals surface area contributed by atoms with Crippen LogP contribution < -0.4 is 16.0 Å². The van der Waals surface area contributed by atoms with E-state index < -0.39 is 0 Å². The lowest BCUT2D eigenvalue weighted by atomic mass is 10.2. The van der Waals surface area contributed by atoms with Crippen LogP contribution >= 0.6 is 24.0 Å². The maximum Gasteiger partial charge on any atom is 0.287 e. The van der Waals surface area contributed by atoms with Gasteiger partial charge in [0.1, 0.15) is 0 Å². The Kier molecular flexibility index (Phi) is 9.55. The number of para-hydroxylation sites is 1. The van der Waals surface area contributed by atoms with Gasteiger partial charge in [0.05, 0.1) is 6.26 Å². The van der Waals surface area contributed by atoms with E-state index in [1.807, 2.05) is 6.92 Å². The van der Waals surface area contributed by atoms with Crippen molar-refractivity contribution in [3.8, 4) is 0 Å². The molecule has 0 aliphatic heterocycles. The fourth-order valence-electron chi connectivity index (χ4n) is 2.96. The normalized spacial score (nSPS) is 11.1. The Balaban J connectivity index is 0.00000300. The Morgan fingerprint density at radius 1 is 1.07 bits per heavy atom. The number of hydrogen-bond donors (Lipinski definition) is 3. The summed E-state index contributed by atoms with van der Waals surface area (Å²) in [4.78, 5) is 16.4. The fraction of sp³-hybridized carbons (Fsp3) is 0.333. The Hall–Kier alpha value is -2.49. The molecule has 0 saturated heterocycles. The van der Waals surface area contributed by atoms with Gasteiger partial charge in [-0.1, -0.05) is 18.2 Å². The summed E-state index contributed by atoms with van der Waals surface area (Å²) in [6.07, 6.45) is 4.56. The monoisotopic (exact) mass is 509 g/mol. The molecule has 2 heterocycles. The van der Waals surface area contributed by atoms with Crippen LogP contribution in [0.3, 0.4) is 0 Å². The number of halogens is 1. The molecule has 2 aromatic heterocycles. The first-order valence-electron chi connectivity index (χ1n) is 9.65. The maximum absolute atomic E-state index is 11.8. The Bertz CT molecular complexity index is 905. The number of benzene rings is 1. The highest BCUT2D eigenvalue weighted by molar-refractivity contribution is 14.0. The number of aryl methyl sites for hydroxylation is 1. The van der Waals surface area contributed by atoms with Gasteiger partial charge in [-0.3, -0.25) is 9.79 Å². The lowest BCUT2D eigenvalue weighted by molar-refractivity contribution is 0.0926. The highest BCUT2D eigenvalue weighted by Crippen LogP contribution is 2.15. The van der Waals surface area contributed by atoms with Gasteiger partial charge in [0.25, 0.3) is 5.91 Å². The number of carbonyl (C=O) groups excluding carboxylic acids is 1. The molecule has 1 aromatic carbocycles. The smallest absolute Gasteiger partial charge is 0.287 e. The summed E-state index contributed by atoms with van der Waals surface area (Å²) in [7, 11) is 0. The molecule has 8 heteroatoms. The minimum atomic E-state index is -0.215. The van der Waals surface area contributed by atoms with Crippen molar-refractivity contribution in [1.82, 2.24) is 20.5 Å². The number of hydrogen-bond acceptors (Lipinski definition) is 3. The van der Waals surface area contributed by atoms with Gasteiger partial charge in [-0.25, -0.2) is 0 Å². The zero-order chi connectivity index (χ0) is 19.6. The average Bonchev–Trinajstić information content (AvgIpc) is 3.38. The van der Waals surface area contributed by atoms with Crippen molar-refractivity contribution in [3.63, 3.8) is 0 Å². The second-order valence-electron chi connectivity index (χ2n) is 6.34. The number of aromatic nitrogens is 1. The molecule has 7 nitrogen and oxygen atoms in total. The molecule has 29 heavy (non-hydrogen) atoms. The molecule has 0 radical (unpaired) electrons. The van der Waals surface area contributed by atoms with Gasteiger partial charge in [-0.15, -0.1) is 24.0 Å². The number of furan rings is 1. The second kappa shape index (κ2) is 12.2. The maximum atomic E-state index is 11.8. The summed E-state index contributed by atoms with van der Waals surface area (Å²) < 4.78 is 7.32. The first-order chi connectivity index (χ1) is 13.8. The summed E-state index contributed by atoms with van der Waals surface area (Å²) >= 11 is 0. The second-order valence-corrected chi connectivity index (χ2v) is 6.34. The molecule has 3 rings (SSSR count). The van der Waals surface area contributed by atoms with Gasteiger partial charge in [-0.2, -0.15) is 0 Å². The van der Waals surface area contributed by atoms with Gasteiger partial charge in [0, 0.05) is 44.4 Å². The Labute approximate surface area is 188 Å². The molecular weight excluding hydrogens is 481 g/mol. The summed E-state index contributed by atoms with van der Waals surface area (Å²) in [6, 6.07) is 13.9. The SMILES string of the molecule is CCNC(=NCCCn1ccc2ccccc21)NCCNC(=O)c1ccco1.I. The van der Waals surface area contributed by atoms with E-state index in [2.05, 4.69) is 62.0 Å². The molecule has 3 aromatic rings. The number of amides is 1. The fourth-order valence-corrected chi connectivity index (χ4v) is 2.96. The van der Waals surface area contributed by atoms with Crippen molar-refractivity contribution in [2.45, 2.75) is 19.9 Å². The first kappa shape index (κ1) is 22.8. The molecular formula is C21H28IN5O2. The highest BCUT2D eigenvalue weighted by Gasteiger charge is 2.07. The number of nitrogens with zero attached hydrogens (tertiary/aromatic N) is 2. The molecule has 0 aliphatic rings. The minimum absolute atomic E-state index is 0. The van der Waals surface area contributed by atoms with E-state index in [1.54, 1.807) is 12.1 Å². The van der Waals surface area contributed by atoms with Crippen LogP contribution in [0.15, 0.2) is 64.3 Å². The standard InChI is InChI=1S/C21H27N5O2.HI/c1-2-22-21(25-13-12-23-20(27)19-9-5-16-28-19)24-11-6-14-26-15-10-17-7-3-4-8-18(17)26;/h3-5,7-10,15-16H,2,6,11-14H2,1H3,(H,23,27)(H2,22,24,25);1H. The van der Waals surface area contributed by atoms with Gasteiger partial charge in [0.2, 0.25) is 0 Å². The van der Waals surface area contributed by atoms with E-state index in [0.717, 1.165) is 32.0 Å². The molecule has 0 atom stereocenters. The molecule has 156 valence electrons. The third-order valence-electron chi connectivity index (χ3n) is 4.30. The van der Waals surface area contributed by atoms with Crippen molar-refractivity contribution in [2.24, 2.45) is 4.99 Å². The van der Waals surface area contributed by atoms with Gasteiger partial charge in [-0.05, 0) is 43.0 Å². The number of nitrogens with one attached hydrogen (secondary N) is 3. The molecule has 0 saturated carbocycles. The number of rotatable bonds is 9. The van der Waals surface area contributed by atoms with Crippen LogP contribution in [0, 0.1) is 0 Å². The minimum Gasteiger partial charge on any atom is -0.459 e. The first-order valence-corrected chi connectivity index (χ1v) is 9.65. The zero-order valence-electron chi connectivity index (χ0n) is 16.6. The van der Waals surface area contributed by atoms with Crippen molar-refractivity contribution >= 4 is 46.7 Å². The predicted octanol–water partition coefficient (Wildman–Crippen LogP) is 3.23. The predicted molar refractivity (Wildman–Crippen MR) is 127 cm³/mol. The van der Waals surface area contributed by atoms with Crippen LogP contribution in [0.4, 0.5) is 0 Å². The van der Waals surface area contributed by atoms with Gasteiger partial charge in [0.15, 0.2) is 11.7 Å². The third-order valence-corrected chi connectivity index (χ3v) is 4.30. The molecule has 0 unspecified atom stereocenters. The lowest BCUT2D eigenvalue weighted by Crippen LogP contribution is -2.41.